The zero-order chi connectivity index (χ0) is 16.1. The number of fused-ring (bicyclic) bond motifs is 1. The topological polar surface area (TPSA) is 108 Å². The molecule has 3 aromatic heterocycles. The van der Waals surface area contributed by atoms with Crippen molar-refractivity contribution in [1.82, 2.24) is 25.0 Å². The Hall–Kier alpha value is -2.90. The molecule has 1 aliphatic rings. The molecule has 1 amide bonds. The summed E-state index contributed by atoms with van der Waals surface area (Å²) < 4.78 is 1.55. The highest BCUT2D eigenvalue weighted by molar-refractivity contribution is 6.05. The van der Waals surface area contributed by atoms with Crippen molar-refractivity contribution in [3.8, 4) is 0 Å². The number of pyridine rings is 1. The van der Waals surface area contributed by atoms with Gasteiger partial charge in [-0.3, -0.25) is 19.4 Å². The first kappa shape index (κ1) is 13.7. The van der Waals surface area contributed by atoms with Crippen molar-refractivity contribution in [3.05, 3.63) is 39.9 Å². The van der Waals surface area contributed by atoms with E-state index >= 15 is 0 Å². The number of anilines is 1. The van der Waals surface area contributed by atoms with Gasteiger partial charge < -0.3 is 10.3 Å². The lowest BCUT2D eigenvalue weighted by molar-refractivity contribution is 0.102. The Morgan fingerprint density at radius 2 is 2.26 bits per heavy atom. The van der Waals surface area contributed by atoms with Gasteiger partial charge in [-0.1, -0.05) is 6.92 Å². The number of rotatable bonds is 3. The van der Waals surface area contributed by atoms with Gasteiger partial charge in [-0.2, -0.15) is 10.2 Å². The Kier molecular flexibility index (Phi) is 2.87. The van der Waals surface area contributed by atoms with Crippen LogP contribution >= 0.6 is 0 Å². The van der Waals surface area contributed by atoms with E-state index in [1.54, 1.807) is 11.7 Å². The molecule has 3 N–H and O–H groups in total. The molecule has 1 saturated carbocycles. The number of hydrogen-bond acceptors (Lipinski definition) is 4. The number of aromatic nitrogens is 5. The minimum atomic E-state index is -0.487. The maximum absolute atomic E-state index is 12.4. The van der Waals surface area contributed by atoms with Crippen LogP contribution in [0.3, 0.4) is 0 Å². The van der Waals surface area contributed by atoms with Gasteiger partial charge in [0.05, 0.1) is 11.6 Å². The van der Waals surface area contributed by atoms with Crippen LogP contribution in [0.5, 0.6) is 0 Å². The van der Waals surface area contributed by atoms with Gasteiger partial charge in [0.15, 0.2) is 5.82 Å². The summed E-state index contributed by atoms with van der Waals surface area (Å²) in [7, 11) is 1.72. The van der Waals surface area contributed by atoms with Crippen molar-refractivity contribution in [2.24, 2.45) is 13.0 Å². The van der Waals surface area contributed by atoms with Crippen LogP contribution < -0.4 is 10.7 Å². The molecule has 2 unspecified atom stereocenters. The summed E-state index contributed by atoms with van der Waals surface area (Å²) in [6, 6.07) is 1.82. The number of carbonyl (C=O) groups is 1. The quantitative estimate of drug-likeness (QED) is 0.678. The number of nitrogens with zero attached hydrogens (tertiary/aromatic N) is 3. The van der Waals surface area contributed by atoms with Crippen molar-refractivity contribution < 1.29 is 4.79 Å². The fourth-order valence-corrected chi connectivity index (χ4v) is 2.82. The Balaban J connectivity index is 1.60. The number of amides is 1. The monoisotopic (exact) mass is 312 g/mol. The molecule has 2 atom stereocenters. The number of aryl methyl sites for hydroxylation is 1. The van der Waals surface area contributed by atoms with Crippen LogP contribution in [0.4, 0.5) is 5.82 Å². The number of nitrogens with one attached hydrogen (secondary N) is 3. The van der Waals surface area contributed by atoms with Crippen LogP contribution in [0.1, 0.15) is 35.3 Å². The number of aromatic amines is 2. The van der Waals surface area contributed by atoms with Gasteiger partial charge in [-0.05, 0) is 12.3 Å². The molecule has 3 aromatic rings. The van der Waals surface area contributed by atoms with Crippen LogP contribution in [0.2, 0.25) is 0 Å². The average Bonchev–Trinajstić information content (AvgIpc) is 2.93. The van der Waals surface area contributed by atoms with E-state index in [1.165, 1.54) is 12.4 Å². The van der Waals surface area contributed by atoms with Crippen molar-refractivity contribution >= 4 is 22.8 Å². The lowest BCUT2D eigenvalue weighted by Gasteiger charge is -2.02. The van der Waals surface area contributed by atoms with Gasteiger partial charge in [0.2, 0.25) is 5.43 Å². The number of carbonyl (C=O) groups excluding carboxylic acids is 1. The minimum absolute atomic E-state index is 0.0369. The fourth-order valence-electron chi connectivity index (χ4n) is 2.82. The molecule has 1 fully saturated rings. The zero-order valence-corrected chi connectivity index (χ0v) is 12.8. The second-order valence-corrected chi connectivity index (χ2v) is 6.04. The molecule has 0 aromatic carbocycles. The summed E-state index contributed by atoms with van der Waals surface area (Å²) in [5.41, 5.74) is 1.28. The Labute approximate surface area is 130 Å². The van der Waals surface area contributed by atoms with Crippen LogP contribution in [0, 0.1) is 5.92 Å². The lowest BCUT2D eigenvalue weighted by atomic mass is 10.2. The van der Waals surface area contributed by atoms with Gasteiger partial charge in [0.1, 0.15) is 11.2 Å². The molecule has 3 heterocycles. The standard InChI is InChI=1S/C15H16N6O2/c1-7-3-8(7)11-4-12(20-19-11)18-15(23)10-5-16-14-9(13(10)22)6-17-21(14)2/h4-8H,3H2,1-2H3,(H,16,22)(H2,18,19,20,23). The van der Waals surface area contributed by atoms with E-state index in [2.05, 4.69) is 32.5 Å². The first-order valence-electron chi connectivity index (χ1n) is 7.44. The highest BCUT2D eigenvalue weighted by Crippen LogP contribution is 2.46. The lowest BCUT2D eigenvalue weighted by Crippen LogP contribution is -2.22. The molecule has 23 heavy (non-hydrogen) atoms. The van der Waals surface area contributed by atoms with Crippen LogP contribution in [-0.2, 0) is 7.05 Å². The molecule has 0 saturated heterocycles. The van der Waals surface area contributed by atoms with Gasteiger partial charge in [-0.15, -0.1) is 0 Å². The highest BCUT2D eigenvalue weighted by Gasteiger charge is 2.35. The molecule has 8 heteroatoms. The van der Waals surface area contributed by atoms with Crippen molar-refractivity contribution in [2.45, 2.75) is 19.3 Å². The number of hydrogen-bond donors (Lipinski definition) is 3. The van der Waals surface area contributed by atoms with E-state index in [-0.39, 0.29) is 11.0 Å². The summed E-state index contributed by atoms with van der Waals surface area (Å²) in [6.45, 7) is 2.17. The molecule has 8 nitrogen and oxygen atoms in total. The van der Waals surface area contributed by atoms with E-state index in [0.29, 0.717) is 28.7 Å². The van der Waals surface area contributed by atoms with Crippen molar-refractivity contribution in [3.63, 3.8) is 0 Å². The van der Waals surface area contributed by atoms with E-state index in [4.69, 9.17) is 0 Å². The summed E-state index contributed by atoms with van der Waals surface area (Å²) in [6.07, 6.45) is 3.98. The number of H-pyrrole nitrogens is 2. The highest BCUT2D eigenvalue weighted by atomic mass is 16.2. The van der Waals surface area contributed by atoms with Gasteiger partial charge >= 0.3 is 0 Å². The maximum atomic E-state index is 12.4. The predicted octanol–water partition coefficient (Wildman–Crippen LogP) is 1.36. The van der Waals surface area contributed by atoms with Crippen LogP contribution in [-0.4, -0.2) is 30.9 Å². The van der Waals surface area contributed by atoms with Gasteiger partial charge in [0.25, 0.3) is 5.91 Å². The summed E-state index contributed by atoms with van der Waals surface area (Å²) >= 11 is 0. The minimum Gasteiger partial charge on any atom is -0.345 e. The summed E-state index contributed by atoms with van der Waals surface area (Å²) in [5.74, 6) is 1.08. The normalized spacial score (nSPS) is 19.9. The molecule has 0 spiro atoms. The third-order valence-corrected chi connectivity index (χ3v) is 4.37. The molecule has 118 valence electrons. The second-order valence-electron chi connectivity index (χ2n) is 6.04. The average molecular weight is 312 g/mol. The molecule has 1 aliphatic carbocycles. The Bertz CT molecular complexity index is 966. The zero-order valence-electron chi connectivity index (χ0n) is 12.8. The van der Waals surface area contributed by atoms with Gasteiger partial charge in [-0.25, -0.2) is 0 Å². The fraction of sp³-hybridized carbons (Fsp3) is 0.333. The Morgan fingerprint density at radius 3 is 3.00 bits per heavy atom. The second kappa shape index (κ2) is 4.80. The third kappa shape index (κ3) is 2.23. The molecular weight excluding hydrogens is 296 g/mol. The van der Waals surface area contributed by atoms with Crippen LogP contribution in [0.15, 0.2) is 23.3 Å². The SMILES string of the molecule is CC1CC1c1cc(NC(=O)c2c[nH]c3c(cnn3C)c2=O)n[nH]1. The molecule has 0 radical (unpaired) electrons. The molecule has 0 bridgehead atoms. The molecule has 4 rings (SSSR count). The van der Waals surface area contributed by atoms with E-state index in [9.17, 15) is 9.59 Å². The predicted molar refractivity (Wildman–Crippen MR) is 84.4 cm³/mol. The van der Waals surface area contributed by atoms with Crippen molar-refractivity contribution in [1.29, 1.82) is 0 Å². The Morgan fingerprint density at radius 1 is 1.48 bits per heavy atom. The van der Waals surface area contributed by atoms with Crippen molar-refractivity contribution in [2.75, 3.05) is 5.32 Å². The molecule has 0 aliphatic heterocycles. The maximum Gasteiger partial charge on any atom is 0.262 e. The van der Waals surface area contributed by atoms with Crippen LogP contribution in [0.25, 0.3) is 11.0 Å². The van der Waals surface area contributed by atoms with E-state index < -0.39 is 5.91 Å². The third-order valence-electron chi connectivity index (χ3n) is 4.37. The smallest absolute Gasteiger partial charge is 0.262 e. The summed E-state index contributed by atoms with van der Waals surface area (Å²) in [4.78, 5) is 27.6. The first-order valence-corrected chi connectivity index (χ1v) is 7.44. The largest absolute Gasteiger partial charge is 0.345 e. The van der Waals surface area contributed by atoms with E-state index in [1.807, 2.05) is 6.07 Å². The van der Waals surface area contributed by atoms with E-state index in [0.717, 1.165) is 12.1 Å². The first-order chi connectivity index (χ1) is 11.0. The van der Waals surface area contributed by atoms with Gasteiger partial charge in [0, 0.05) is 30.9 Å². The molecular formula is C15H16N6O2. The summed E-state index contributed by atoms with van der Waals surface area (Å²) in [5, 5.41) is 14.1.